The van der Waals surface area contributed by atoms with Crippen LogP contribution in [-0.4, -0.2) is 9.78 Å². The van der Waals surface area contributed by atoms with Gasteiger partial charge in [-0.05, 0) is 40.2 Å². The highest BCUT2D eigenvalue weighted by molar-refractivity contribution is 9.11. The van der Waals surface area contributed by atoms with E-state index >= 15 is 0 Å². The first-order valence-corrected chi connectivity index (χ1v) is 7.40. The number of aromatic nitrogens is 2. The highest BCUT2D eigenvalue weighted by atomic mass is 79.9. The zero-order chi connectivity index (χ0) is 13.2. The predicted molar refractivity (Wildman–Crippen MR) is 84.4 cm³/mol. The molecule has 1 aromatic heterocycles. The molecule has 0 radical (unpaired) electrons. The first-order valence-electron chi connectivity index (χ1n) is 5.81. The summed E-state index contributed by atoms with van der Waals surface area (Å²) in [6.45, 7) is 0. The van der Waals surface area contributed by atoms with Crippen LogP contribution < -0.4 is 0 Å². The lowest BCUT2D eigenvalue weighted by atomic mass is 10.1. The van der Waals surface area contributed by atoms with E-state index in [1.807, 2.05) is 59.4 Å². The Hall–Kier alpha value is -1.39. The number of hydrogen-bond acceptors (Lipinski definition) is 1. The second kappa shape index (κ2) is 5.31. The van der Waals surface area contributed by atoms with Crippen LogP contribution in [0.4, 0.5) is 0 Å². The second-order valence-corrected chi connectivity index (χ2v) is 5.77. The first kappa shape index (κ1) is 12.6. The van der Waals surface area contributed by atoms with E-state index in [1.54, 1.807) is 0 Å². The molecule has 0 aliphatic heterocycles. The molecule has 2 nitrogen and oxygen atoms in total. The lowest BCUT2D eigenvalue weighted by molar-refractivity contribution is 0.883. The average molecular weight is 378 g/mol. The van der Waals surface area contributed by atoms with E-state index in [2.05, 4.69) is 43.0 Å². The average Bonchev–Trinajstić information content (AvgIpc) is 2.89. The summed E-state index contributed by atoms with van der Waals surface area (Å²) in [7, 11) is 0. The molecular weight excluding hydrogens is 368 g/mol. The summed E-state index contributed by atoms with van der Waals surface area (Å²) in [5.74, 6) is 0. The van der Waals surface area contributed by atoms with Gasteiger partial charge >= 0.3 is 0 Å². The summed E-state index contributed by atoms with van der Waals surface area (Å²) in [6.07, 6.45) is 1.81. The van der Waals surface area contributed by atoms with Crippen molar-refractivity contribution in [2.45, 2.75) is 0 Å². The Balaban J connectivity index is 2.20. The molecule has 0 amide bonds. The maximum absolute atomic E-state index is 4.43. The summed E-state index contributed by atoms with van der Waals surface area (Å²) in [4.78, 5) is 0. The third-order valence-corrected chi connectivity index (χ3v) is 4.24. The van der Waals surface area contributed by atoms with Crippen LogP contribution in [0, 0.1) is 0 Å². The van der Waals surface area contributed by atoms with Gasteiger partial charge in [-0.3, -0.25) is 0 Å². The Kier molecular flexibility index (Phi) is 3.53. The SMILES string of the molecule is Brc1ccccc1-c1ccnn1-c1ccccc1Br. The van der Waals surface area contributed by atoms with Gasteiger partial charge in [0, 0.05) is 14.5 Å². The third-order valence-electron chi connectivity index (χ3n) is 2.87. The minimum Gasteiger partial charge on any atom is -0.232 e. The number of nitrogens with zero attached hydrogens (tertiary/aromatic N) is 2. The quantitative estimate of drug-likeness (QED) is 0.610. The Morgan fingerprint density at radius 3 is 2.21 bits per heavy atom. The molecule has 0 aliphatic carbocycles. The van der Waals surface area contributed by atoms with Crippen LogP contribution in [0.3, 0.4) is 0 Å². The van der Waals surface area contributed by atoms with Crippen molar-refractivity contribution in [2.24, 2.45) is 0 Å². The Labute approximate surface area is 128 Å². The monoisotopic (exact) mass is 376 g/mol. The minimum atomic E-state index is 1.02. The number of halogens is 2. The Morgan fingerprint density at radius 2 is 1.47 bits per heavy atom. The molecule has 0 spiro atoms. The van der Waals surface area contributed by atoms with E-state index < -0.39 is 0 Å². The van der Waals surface area contributed by atoms with Gasteiger partial charge in [0.1, 0.15) is 0 Å². The molecule has 3 rings (SSSR count). The summed E-state index contributed by atoms with van der Waals surface area (Å²) in [5.41, 5.74) is 3.20. The van der Waals surface area contributed by atoms with Gasteiger partial charge in [0.2, 0.25) is 0 Å². The molecule has 1 heterocycles. The van der Waals surface area contributed by atoms with Gasteiger partial charge in [0.05, 0.1) is 17.6 Å². The third kappa shape index (κ3) is 2.38. The van der Waals surface area contributed by atoms with Crippen molar-refractivity contribution in [3.63, 3.8) is 0 Å². The zero-order valence-electron chi connectivity index (χ0n) is 9.92. The summed E-state index contributed by atoms with van der Waals surface area (Å²) >= 11 is 7.16. The highest BCUT2D eigenvalue weighted by Gasteiger charge is 2.11. The molecule has 4 heteroatoms. The fourth-order valence-electron chi connectivity index (χ4n) is 1.99. The standard InChI is InChI=1S/C15H10Br2N2/c16-12-6-2-1-5-11(12)14-9-10-18-19(14)15-8-4-3-7-13(15)17/h1-10H. The van der Waals surface area contributed by atoms with Crippen LogP contribution in [0.15, 0.2) is 69.7 Å². The van der Waals surface area contributed by atoms with E-state index in [0.29, 0.717) is 0 Å². The number of para-hydroxylation sites is 1. The molecule has 19 heavy (non-hydrogen) atoms. The molecule has 0 N–H and O–H groups in total. The smallest absolute Gasteiger partial charge is 0.0794 e. The van der Waals surface area contributed by atoms with Gasteiger partial charge in [0.25, 0.3) is 0 Å². The van der Waals surface area contributed by atoms with Crippen molar-refractivity contribution < 1.29 is 0 Å². The molecule has 0 aliphatic rings. The van der Waals surface area contributed by atoms with Crippen molar-refractivity contribution in [2.75, 3.05) is 0 Å². The molecule has 94 valence electrons. The molecule has 0 fully saturated rings. The van der Waals surface area contributed by atoms with E-state index in [0.717, 1.165) is 25.9 Å². The van der Waals surface area contributed by atoms with E-state index in [9.17, 15) is 0 Å². The largest absolute Gasteiger partial charge is 0.232 e. The zero-order valence-corrected chi connectivity index (χ0v) is 13.1. The van der Waals surface area contributed by atoms with Gasteiger partial charge in [-0.25, -0.2) is 4.68 Å². The van der Waals surface area contributed by atoms with Gasteiger partial charge in [-0.1, -0.05) is 46.3 Å². The Morgan fingerprint density at radius 1 is 0.789 bits per heavy atom. The lowest BCUT2D eigenvalue weighted by Crippen LogP contribution is -1.99. The highest BCUT2D eigenvalue weighted by Crippen LogP contribution is 2.31. The second-order valence-electron chi connectivity index (χ2n) is 4.06. The number of hydrogen-bond donors (Lipinski definition) is 0. The normalized spacial score (nSPS) is 10.6. The van der Waals surface area contributed by atoms with Gasteiger partial charge in [0.15, 0.2) is 0 Å². The Bertz CT molecular complexity index is 659. The maximum atomic E-state index is 4.43. The van der Waals surface area contributed by atoms with Crippen LogP contribution in [-0.2, 0) is 0 Å². The topological polar surface area (TPSA) is 17.8 Å². The molecule has 3 aromatic rings. The van der Waals surface area contributed by atoms with E-state index in [4.69, 9.17) is 0 Å². The molecule has 0 atom stereocenters. The van der Waals surface area contributed by atoms with Crippen molar-refractivity contribution in [3.8, 4) is 16.9 Å². The molecule has 0 bridgehead atoms. The summed E-state index contributed by atoms with van der Waals surface area (Å²) < 4.78 is 4.01. The van der Waals surface area contributed by atoms with Crippen LogP contribution >= 0.6 is 31.9 Å². The molecule has 0 unspecified atom stereocenters. The summed E-state index contributed by atoms with van der Waals surface area (Å²) in [5, 5.41) is 4.43. The van der Waals surface area contributed by atoms with Crippen LogP contribution in [0.25, 0.3) is 16.9 Å². The molecular formula is C15H10Br2N2. The minimum absolute atomic E-state index is 1.02. The van der Waals surface area contributed by atoms with Crippen molar-refractivity contribution in [1.82, 2.24) is 9.78 Å². The van der Waals surface area contributed by atoms with E-state index in [1.165, 1.54) is 0 Å². The predicted octanol–water partition coefficient (Wildman–Crippen LogP) is 5.06. The number of rotatable bonds is 2. The van der Waals surface area contributed by atoms with Gasteiger partial charge < -0.3 is 0 Å². The van der Waals surface area contributed by atoms with E-state index in [-0.39, 0.29) is 0 Å². The van der Waals surface area contributed by atoms with Crippen molar-refractivity contribution >= 4 is 31.9 Å². The lowest BCUT2D eigenvalue weighted by Gasteiger charge is -2.10. The first-order chi connectivity index (χ1) is 9.27. The summed E-state index contributed by atoms with van der Waals surface area (Å²) in [6, 6.07) is 18.2. The molecule has 0 saturated carbocycles. The van der Waals surface area contributed by atoms with Gasteiger partial charge in [-0.15, -0.1) is 0 Å². The maximum Gasteiger partial charge on any atom is 0.0794 e. The van der Waals surface area contributed by atoms with Crippen LogP contribution in [0.1, 0.15) is 0 Å². The van der Waals surface area contributed by atoms with Crippen molar-refractivity contribution in [3.05, 3.63) is 69.7 Å². The van der Waals surface area contributed by atoms with Crippen LogP contribution in [0.5, 0.6) is 0 Å². The van der Waals surface area contributed by atoms with Gasteiger partial charge in [-0.2, -0.15) is 5.10 Å². The van der Waals surface area contributed by atoms with Crippen molar-refractivity contribution in [1.29, 1.82) is 0 Å². The molecule has 2 aromatic carbocycles. The number of benzene rings is 2. The van der Waals surface area contributed by atoms with Crippen LogP contribution in [0.2, 0.25) is 0 Å². The fourth-order valence-corrected chi connectivity index (χ4v) is 2.93. The fraction of sp³-hybridized carbons (Fsp3) is 0. The molecule has 0 saturated heterocycles.